The number of hydrogen-bond donors (Lipinski definition) is 1. The number of benzene rings is 1. The molecule has 1 aliphatic carbocycles. The van der Waals surface area contributed by atoms with Crippen LogP contribution in [0.15, 0.2) is 36.5 Å². The third-order valence-electron chi connectivity index (χ3n) is 4.15. The molecule has 0 amide bonds. The molecule has 0 bridgehead atoms. The third-order valence-corrected chi connectivity index (χ3v) is 5.41. The van der Waals surface area contributed by atoms with E-state index < -0.39 is 10.0 Å². The van der Waals surface area contributed by atoms with Crippen LogP contribution in [0.4, 0.5) is 10.2 Å². The summed E-state index contributed by atoms with van der Waals surface area (Å²) in [6, 6.07) is 7.96. The van der Waals surface area contributed by atoms with Crippen LogP contribution in [0.1, 0.15) is 37.3 Å². The number of halogens is 1. The number of anilines is 1. The first-order chi connectivity index (χ1) is 11.0. The number of nitrogens with zero attached hydrogens (tertiary/aromatic N) is 2. The maximum absolute atomic E-state index is 13.1. The van der Waals surface area contributed by atoms with Gasteiger partial charge < -0.3 is 0 Å². The Balaban J connectivity index is 1.66. The highest BCUT2D eigenvalue weighted by Gasteiger charge is 2.21. The molecule has 2 aromatic rings. The van der Waals surface area contributed by atoms with Crippen molar-refractivity contribution >= 4 is 15.8 Å². The molecule has 1 heterocycles. The fourth-order valence-electron chi connectivity index (χ4n) is 2.99. The van der Waals surface area contributed by atoms with Crippen molar-refractivity contribution in [3.8, 4) is 0 Å². The number of sulfonamides is 1. The molecule has 124 valence electrons. The summed E-state index contributed by atoms with van der Waals surface area (Å²) < 4.78 is 42.1. The van der Waals surface area contributed by atoms with Gasteiger partial charge in [0.25, 0.3) is 0 Å². The predicted molar refractivity (Wildman–Crippen MR) is 87.2 cm³/mol. The Morgan fingerprint density at radius 2 is 2.04 bits per heavy atom. The number of hydrogen-bond acceptors (Lipinski definition) is 3. The van der Waals surface area contributed by atoms with Crippen LogP contribution < -0.4 is 4.72 Å². The molecule has 1 aliphatic rings. The molecule has 1 saturated carbocycles. The lowest BCUT2D eigenvalue weighted by atomic mass is 10.2. The van der Waals surface area contributed by atoms with Crippen molar-refractivity contribution in [1.29, 1.82) is 0 Å². The van der Waals surface area contributed by atoms with Gasteiger partial charge in [0.05, 0.1) is 18.0 Å². The molecule has 0 aliphatic heterocycles. The predicted octanol–water partition coefficient (Wildman–Crippen LogP) is 3.12. The van der Waals surface area contributed by atoms with Crippen molar-refractivity contribution in [3.05, 3.63) is 47.9 Å². The van der Waals surface area contributed by atoms with E-state index >= 15 is 0 Å². The molecule has 23 heavy (non-hydrogen) atoms. The van der Waals surface area contributed by atoms with Crippen molar-refractivity contribution in [3.63, 3.8) is 0 Å². The van der Waals surface area contributed by atoms with Gasteiger partial charge in [-0.3, -0.25) is 4.72 Å². The molecule has 0 atom stereocenters. The topological polar surface area (TPSA) is 64.0 Å². The van der Waals surface area contributed by atoms with Gasteiger partial charge in [0.1, 0.15) is 11.6 Å². The van der Waals surface area contributed by atoms with Gasteiger partial charge >= 0.3 is 0 Å². The Morgan fingerprint density at radius 1 is 1.26 bits per heavy atom. The molecule has 7 heteroatoms. The van der Waals surface area contributed by atoms with Crippen LogP contribution in [-0.4, -0.2) is 24.0 Å². The second kappa shape index (κ2) is 6.70. The minimum Gasteiger partial charge on any atom is -0.268 e. The number of rotatable bonds is 6. The van der Waals surface area contributed by atoms with Crippen LogP contribution in [0.25, 0.3) is 0 Å². The van der Waals surface area contributed by atoms with Gasteiger partial charge in [0, 0.05) is 6.07 Å². The minimum absolute atomic E-state index is 0.0910. The van der Waals surface area contributed by atoms with Gasteiger partial charge in [0.15, 0.2) is 0 Å². The van der Waals surface area contributed by atoms with E-state index in [4.69, 9.17) is 0 Å². The Hall–Kier alpha value is -1.89. The van der Waals surface area contributed by atoms with Crippen molar-refractivity contribution in [2.75, 3.05) is 10.5 Å². The average Bonchev–Trinajstić information content (AvgIpc) is 3.16. The van der Waals surface area contributed by atoms with E-state index in [2.05, 4.69) is 9.82 Å². The second-order valence-electron chi connectivity index (χ2n) is 5.90. The first-order valence-electron chi connectivity index (χ1n) is 7.82. The highest BCUT2D eigenvalue weighted by molar-refractivity contribution is 7.92. The summed E-state index contributed by atoms with van der Waals surface area (Å²) >= 11 is 0. The van der Waals surface area contributed by atoms with Crippen molar-refractivity contribution in [2.45, 2.75) is 38.1 Å². The van der Waals surface area contributed by atoms with Gasteiger partial charge in [-0.1, -0.05) is 25.0 Å². The van der Waals surface area contributed by atoms with Gasteiger partial charge in [0.2, 0.25) is 10.0 Å². The summed E-state index contributed by atoms with van der Waals surface area (Å²) in [5.41, 5.74) is 0.666. The Labute approximate surface area is 135 Å². The fraction of sp³-hybridized carbons (Fsp3) is 0.438. The minimum atomic E-state index is -3.50. The summed E-state index contributed by atoms with van der Waals surface area (Å²) in [7, 11) is -3.50. The summed E-state index contributed by atoms with van der Waals surface area (Å²) in [5.74, 6) is 0.0649. The highest BCUT2D eigenvalue weighted by Crippen LogP contribution is 2.31. The van der Waals surface area contributed by atoms with Crippen LogP contribution in [0, 0.1) is 5.82 Å². The standard InChI is InChI=1S/C16H20FN3O2S/c17-14-5-3-4-13(12-14)9-11-23(21,22)19-16-8-10-18-20(16)15-6-1-2-7-15/h3-5,8,10,12,15,19H,1-2,6-7,9,11H2. The maximum Gasteiger partial charge on any atom is 0.234 e. The van der Waals surface area contributed by atoms with Crippen LogP contribution >= 0.6 is 0 Å². The van der Waals surface area contributed by atoms with Crippen LogP contribution in [-0.2, 0) is 16.4 Å². The lowest BCUT2D eigenvalue weighted by Crippen LogP contribution is -2.21. The van der Waals surface area contributed by atoms with E-state index in [1.807, 2.05) is 0 Å². The first kappa shape index (κ1) is 16.0. The van der Waals surface area contributed by atoms with Gasteiger partial charge in [-0.15, -0.1) is 0 Å². The molecule has 1 N–H and O–H groups in total. The molecule has 1 aromatic heterocycles. The highest BCUT2D eigenvalue weighted by atomic mass is 32.2. The second-order valence-corrected chi connectivity index (χ2v) is 7.74. The average molecular weight is 337 g/mol. The molecule has 5 nitrogen and oxygen atoms in total. The lowest BCUT2D eigenvalue weighted by molar-refractivity contribution is 0.473. The zero-order valence-electron chi connectivity index (χ0n) is 12.8. The normalized spacial score (nSPS) is 15.9. The van der Waals surface area contributed by atoms with Gasteiger partial charge in [-0.05, 0) is 37.0 Å². The Morgan fingerprint density at radius 3 is 2.78 bits per heavy atom. The van der Waals surface area contributed by atoms with Gasteiger partial charge in [-0.25, -0.2) is 17.5 Å². The van der Waals surface area contributed by atoms with Crippen molar-refractivity contribution < 1.29 is 12.8 Å². The molecular weight excluding hydrogens is 317 g/mol. The smallest absolute Gasteiger partial charge is 0.234 e. The largest absolute Gasteiger partial charge is 0.268 e. The van der Waals surface area contributed by atoms with E-state index in [0.29, 0.717) is 11.4 Å². The molecule has 0 unspecified atom stereocenters. The molecule has 0 spiro atoms. The maximum atomic E-state index is 13.1. The number of nitrogens with one attached hydrogen (secondary N) is 1. The SMILES string of the molecule is O=S(=O)(CCc1cccc(F)c1)Nc1ccnn1C1CCCC1. The first-order valence-corrected chi connectivity index (χ1v) is 9.47. The molecule has 0 saturated heterocycles. The summed E-state index contributed by atoms with van der Waals surface area (Å²) in [6.45, 7) is 0. The molecule has 0 radical (unpaired) electrons. The third kappa shape index (κ3) is 4.10. The van der Waals surface area contributed by atoms with Gasteiger partial charge in [-0.2, -0.15) is 5.10 Å². The van der Waals surface area contributed by atoms with E-state index in [1.54, 1.807) is 29.1 Å². The molecule has 1 fully saturated rings. The summed E-state index contributed by atoms with van der Waals surface area (Å²) in [6.07, 6.45) is 6.24. The number of aryl methyl sites for hydroxylation is 1. The van der Waals surface area contributed by atoms with E-state index in [0.717, 1.165) is 25.7 Å². The Bertz CT molecular complexity index is 767. The van der Waals surface area contributed by atoms with E-state index in [-0.39, 0.29) is 24.0 Å². The summed E-state index contributed by atoms with van der Waals surface area (Å²) in [5, 5.41) is 4.25. The quantitative estimate of drug-likeness (QED) is 0.881. The fourth-order valence-corrected chi connectivity index (χ4v) is 4.08. The Kier molecular flexibility index (Phi) is 4.66. The van der Waals surface area contributed by atoms with E-state index in [1.165, 1.54) is 12.1 Å². The monoisotopic (exact) mass is 337 g/mol. The summed E-state index contributed by atoms with van der Waals surface area (Å²) in [4.78, 5) is 0. The van der Waals surface area contributed by atoms with Crippen molar-refractivity contribution in [2.24, 2.45) is 0 Å². The molecular formula is C16H20FN3O2S. The zero-order chi connectivity index (χ0) is 16.3. The van der Waals surface area contributed by atoms with Crippen LogP contribution in [0.2, 0.25) is 0 Å². The van der Waals surface area contributed by atoms with Crippen LogP contribution in [0.3, 0.4) is 0 Å². The molecule has 3 rings (SSSR count). The number of aromatic nitrogens is 2. The zero-order valence-corrected chi connectivity index (χ0v) is 13.6. The van der Waals surface area contributed by atoms with Crippen molar-refractivity contribution in [1.82, 2.24) is 9.78 Å². The molecule has 1 aromatic carbocycles. The van der Waals surface area contributed by atoms with Crippen LogP contribution in [0.5, 0.6) is 0 Å². The van der Waals surface area contributed by atoms with E-state index in [9.17, 15) is 12.8 Å². The lowest BCUT2D eigenvalue weighted by Gasteiger charge is -2.15.